The van der Waals surface area contributed by atoms with Gasteiger partial charge >= 0.3 is 0 Å². The molecule has 0 saturated heterocycles. The maximum atomic E-state index is 3.99. The van der Waals surface area contributed by atoms with Crippen molar-refractivity contribution in [3.63, 3.8) is 0 Å². The molecule has 1 saturated carbocycles. The fourth-order valence-corrected chi connectivity index (χ4v) is 4.41. The lowest BCUT2D eigenvalue weighted by Crippen LogP contribution is -2.44. The van der Waals surface area contributed by atoms with E-state index in [-0.39, 0.29) is 12.4 Å². The van der Waals surface area contributed by atoms with Crippen LogP contribution in [0, 0.1) is 0 Å². The van der Waals surface area contributed by atoms with E-state index in [1.807, 2.05) is 0 Å². The average molecular weight is 302 g/mol. The second-order valence-corrected chi connectivity index (χ2v) is 6.82. The summed E-state index contributed by atoms with van der Waals surface area (Å²) in [6.07, 6.45) is 8.19. The summed E-state index contributed by atoms with van der Waals surface area (Å²) in [5.41, 5.74) is 3.30. The summed E-state index contributed by atoms with van der Waals surface area (Å²) < 4.78 is 0. The number of fused-ring (bicyclic) bond motifs is 3. The molecule has 1 unspecified atom stereocenters. The lowest BCUT2D eigenvalue weighted by molar-refractivity contribution is 0.282. The van der Waals surface area contributed by atoms with Crippen molar-refractivity contribution in [2.45, 2.75) is 56.9 Å². The van der Waals surface area contributed by atoms with Crippen LogP contribution < -0.4 is 5.32 Å². The van der Waals surface area contributed by atoms with Crippen LogP contribution in [-0.4, -0.2) is 5.54 Å². The molecule has 2 aliphatic rings. The second-order valence-electron chi connectivity index (χ2n) is 6.82. The third-order valence-electron chi connectivity index (χ3n) is 5.39. The van der Waals surface area contributed by atoms with E-state index in [0.717, 1.165) is 0 Å². The molecule has 2 heteroatoms. The first-order chi connectivity index (χ1) is 9.77. The lowest BCUT2D eigenvalue weighted by atomic mass is 9.71. The molecule has 1 aliphatic heterocycles. The van der Waals surface area contributed by atoms with Gasteiger partial charge in [-0.25, -0.2) is 0 Å². The zero-order valence-corrected chi connectivity index (χ0v) is 13.5. The average Bonchev–Trinajstić information content (AvgIpc) is 2.48. The van der Waals surface area contributed by atoms with Crippen LogP contribution in [0.2, 0.25) is 0 Å². The van der Waals surface area contributed by atoms with Crippen molar-refractivity contribution in [1.29, 1.82) is 0 Å². The van der Waals surface area contributed by atoms with Crippen LogP contribution in [0.3, 0.4) is 0 Å². The van der Waals surface area contributed by atoms with Crippen LogP contribution in [0.1, 0.15) is 56.9 Å². The lowest BCUT2D eigenvalue weighted by Gasteiger charge is -2.45. The number of rotatable bonds is 0. The Morgan fingerprint density at radius 2 is 1.76 bits per heavy atom. The van der Waals surface area contributed by atoms with Gasteiger partial charge in [0.1, 0.15) is 0 Å². The Labute approximate surface area is 133 Å². The molecule has 2 aromatic rings. The van der Waals surface area contributed by atoms with Gasteiger partial charge in [0.2, 0.25) is 0 Å². The summed E-state index contributed by atoms with van der Waals surface area (Å²) >= 11 is 0. The highest BCUT2D eigenvalue weighted by Gasteiger charge is 2.38. The van der Waals surface area contributed by atoms with Crippen LogP contribution in [0.15, 0.2) is 36.4 Å². The van der Waals surface area contributed by atoms with Gasteiger partial charge in [-0.2, -0.15) is 0 Å². The minimum absolute atomic E-state index is 0. The van der Waals surface area contributed by atoms with Gasteiger partial charge in [-0.3, -0.25) is 0 Å². The fraction of sp³-hybridized carbons (Fsp3) is 0.474. The summed E-state index contributed by atoms with van der Waals surface area (Å²) in [7, 11) is 0. The van der Waals surface area contributed by atoms with Gasteiger partial charge in [0.05, 0.1) is 0 Å². The summed E-state index contributed by atoms with van der Waals surface area (Å²) in [4.78, 5) is 0. The van der Waals surface area contributed by atoms with Crippen molar-refractivity contribution in [1.82, 2.24) is 0 Å². The molecule has 0 bridgehead atoms. The molecule has 0 amide bonds. The highest BCUT2D eigenvalue weighted by molar-refractivity contribution is 5.96. The van der Waals surface area contributed by atoms with E-state index in [9.17, 15) is 0 Å². The van der Waals surface area contributed by atoms with E-state index < -0.39 is 0 Å². The molecular weight excluding hydrogens is 278 g/mol. The van der Waals surface area contributed by atoms with Gasteiger partial charge in [0, 0.05) is 16.6 Å². The molecule has 112 valence electrons. The largest absolute Gasteiger partial charge is 0.379 e. The van der Waals surface area contributed by atoms with Gasteiger partial charge in [0.15, 0.2) is 0 Å². The summed E-state index contributed by atoms with van der Waals surface area (Å²) in [5.74, 6) is 0.675. The Hall–Kier alpha value is -1.21. The van der Waals surface area contributed by atoms with Crippen LogP contribution in [0.25, 0.3) is 10.8 Å². The molecule has 1 N–H and O–H groups in total. The van der Waals surface area contributed by atoms with E-state index >= 15 is 0 Å². The first-order valence-electron chi connectivity index (χ1n) is 8.07. The molecule has 1 aliphatic carbocycles. The maximum Gasteiger partial charge on any atom is 0.0459 e. The molecule has 0 aromatic heterocycles. The molecule has 1 atom stereocenters. The van der Waals surface area contributed by atoms with E-state index in [1.165, 1.54) is 60.5 Å². The normalized spacial score (nSPS) is 23.2. The van der Waals surface area contributed by atoms with Crippen molar-refractivity contribution in [3.05, 3.63) is 42.0 Å². The molecular formula is C19H24ClN. The molecule has 1 nitrogen and oxygen atoms in total. The standard InChI is InChI=1S/C19H23N.ClH/c1-14-13-19(11-5-2-6-12-19)20-18-16(14)10-9-15-7-3-4-8-17(15)18;/h3-4,7-10,14,20H,2,5-6,11-13H2,1H3;1H. The van der Waals surface area contributed by atoms with Gasteiger partial charge in [-0.1, -0.05) is 62.6 Å². The second kappa shape index (κ2) is 5.53. The summed E-state index contributed by atoms with van der Waals surface area (Å²) in [5, 5.41) is 6.75. The van der Waals surface area contributed by atoms with Crippen molar-refractivity contribution in [3.8, 4) is 0 Å². The Bertz CT molecular complexity index is 643. The highest BCUT2D eigenvalue weighted by atomic mass is 35.5. The minimum atomic E-state index is 0. The first kappa shape index (κ1) is 14.7. The predicted molar refractivity (Wildman–Crippen MR) is 93.7 cm³/mol. The third kappa shape index (κ3) is 2.42. The Morgan fingerprint density at radius 1 is 1.00 bits per heavy atom. The molecule has 1 fully saturated rings. The van der Waals surface area contributed by atoms with Crippen molar-refractivity contribution in [2.24, 2.45) is 0 Å². The first-order valence-corrected chi connectivity index (χ1v) is 8.07. The van der Waals surface area contributed by atoms with Crippen molar-refractivity contribution < 1.29 is 0 Å². The number of hydrogen-bond donors (Lipinski definition) is 1. The predicted octanol–water partition coefficient (Wildman–Crippen LogP) is 5.88. The van der Waals surface area contributed by atoms with Gasteiger partial charge in [0.25, 0.3) is 0 Å². The molecule has 1 spiro atoms. The fourth-order valence-electron chi connectivity index (χ4n) is 4.41. The van der Waals surface area contributed by atoms with E-state index in [4.69, 9.17) is 0 Å². The smallest absolute Gasteiger partial charge is 0.0459 e. The number of halogens is 1. The van der Waals surface area contributed by atoms with Crippen LogP contribution in [0.4, 0.5) is 5.69 Å². The van der Waals surface area contributed by atoms with E-state index in [2.05, 4.69) is 48.6 Å². The van der Waals surface area contributed by atoms with E-state index in [1.54, 1.807) is 0 Å². The number of benzene rings is 2. The monoisotopic (exact) mass is 301 g/mol. The van der Waals surface area contributed by atoms with Gasteiger partial charge < -0.3 is 5.32 Å². The summed E-state index contributed by atoms with van der Waals surface area (Å²) in [6.45, 7) is 2.41. The number of hydrogen-bond acceptors (Lipinski definition) is 1. The zero-order chi connectivity index (χ0) is 13.6. The molecule has 21 heavy (non-hydrogen) atoms. The SMILES string of the molecule is CC1CC2(CCCCC2)Nc2c1ccc1ccccc21.Cl. The quantitative estimate of drug-likeness (QED) is 0.640. The third-order valence-corrected chi connectivity index (χ3v) is 5.39. The van der Waals surface area contributed by atoms with Crippen molar-refractivity contribution >= 4 is 28.9 Å². The van der Waals surface area contributed by atoms with Gasteiger partial charge in [-0.15, -0.1) is 12.4 Å². The number of anilines is 1. The van der Waals surface area contributed by atoms with Crippen LogP contribution >= 0.6 is 12.4 Å². The Morgan fingerprint density at radius 3 is 2.57 bits per heavy atom. The minimum Gasteiger partial charge on any atom is -0.379 e. The van der Waals surface area contributed by atoms with E-state index in [0.29, 0.717) is 11.5 Å². The van der Waals surface area contributed by atoms with Crippen LogP contribution in [-0.2, 0) is 0 Å². The molecule has 2 aromatic carbocycles. The van der Waals surface area contributed by atoms with Crippen LogP contribution in [0.5, 0.6) is 0 Å². The Balaban J connectivity index is 0.00000132. The topological polar surface area (TPSA) is 12.0 Å². The highest BCUT2D eigenvalue weighted by Crippen LogP contribution is 2.47. The number of nitrogens with one attached hydrogen (secondary N) is 1. The molecule has 4 rings (SSSR count). The zero-order valence-electron chi connectivity index (χ0n) is 12.7. The van der Waals surface area contributed by atoms with Crippen molar-refractivity contribution in [2.75, 3.05) is 5.32 Å². The van der Waals surface area contributed by atoms with Gasteiger partial charge in [-0.05, 0) is 36.1 Å². The maximum absolute atomic E-state index is 3.99. The Kier molecular flexibility index (Phi) is 3.88. The molecule has 0 radical (unpaired) electrons. The molecule has 1 heterocycles. The summed E-state index contributed by atoms with van der Waals surface area (Å²) in [6, 6.07) is 13.4.